The van der Waals surface area contributed by atoms with Gasteiger partial charge in [-0.05, 0) is 60.4 Å². The summed E-state index contributed by atoms with van der Waals surface area (Å²) in [6, 6.07) is 16.5. The minimum Gasteiger partial charge on any atom is -0.374 e. The molecule has 1 saturated heterocycles. The van der Waals surface area contributed by atoms with Crippen molar-refractivity contribution in [2.24, 2.45) is 5.92 Å². The van der Waals surface area contributed by atoms with Crippen molar-refractivity contribution in [3.05, 3.63) is 54.1 Å². The molecule has 2 aromatic rings. The summed E-state index contributed by atoms with van der Waals surface area (Å²) < 4.78 is 5.84. The smallest absolute Gasteiger partial charge is 0.254 e. The molecular weight excluding hydrogens is 330 g/mol. The highest BCUT2D eigenvalue weighted by atomic mass is 32.2. The normalized spacial score (nSPS) is 20.5. The van der Waals surface area contributed by atoms with E-state index in [9.17, 15) is 4.79 Å². The molecule has 2 aromatic carbocycles. The van der Waals surface area contributed by atoms with Gasteiger partial charge >= 0.3 is 0 Å². The van der Waals surface area contributed by atoms with Gasteiger partial charge in [0.25, 0.3) is 5.91 Å². The van der Waals surface area contributed by atoms with Crippen molar-refractivity contribution in [2.45, 2.75) is 23.8 Å². The van der Waals surface area contributed by atoms with Gasteiger partial charge in [-0.2, -0.15) is 0 Å². The molecule has 2 aliphatic rings. The van der Waals surface area contributed by atoms with E-state index in [-0.39, 0.29) is 12.0 Å². The fraction of sp³-hybridized carbons (Fsp3) is 0.381. The maximum atomic E-state index is 12.9. The van der Waals surface area contributed by atoms with Crippen LogP contribution in [-0.4, -0.2) is 42.9 Å². The molecule has 1 aliphatic carbocycles. The van der Waals surface area contributed by atoms with E-state index >= 15 is 0 Å². The SMILES string of the molecule is CSc1ccc(-c2cccc(C(=O)N3CCO[C@H](C4CC4)C3)c2)cc1. The minimum atomic E-state index is 0.122. The Hall–Kier alpha value is -1.78. The third kappa shape index (κ3) is 3.75. The maximum absolute atomic E-state index is 12.9. The summed E-state index contributed by atoms with van der Waals surface area (Å²) in [6.45, 7) is 2.08. The average Bonchev–Trinajstić information content (AvgIpc) is 3.53. The summed E-state index contributed by atoms with van der Waals surface area (Å²) in [5.74, 6) is 0.786. The molecular formula is C21H23NO2S. The number of hydrogen-bond donors (Lipinski definition) is 0. The van der Waals surface area contributed by atoms with Crippen molar-refractivity contribution in [1.82, 2.24) is 4.90 Å². The average molecular weight is 353 g/mol. The van der Waals surface area contributed by atoms with Crippen LogP contribution in [0.2, 0.25) is 0 Å². The summed E-state index contributed by atoms with van der Waals surface area (Å²) in [5.41, 5.74) is 3.00. The van der Waals surface area contributed by atoms with Crippen LogP contribution in [0.15, 0.2) is 53.4 Å². The standard InChI is InChI=1S/C21H23NO2S/c1-25-19-9-7-15(8-10-19)17-3-2-4-18(13-17)21(23)22-11-12-24-20(14-22)16-5-6-16/h2-4,7-10,13,16,20H,5-6,11-12,14H2,1H3/t20-/m0/s1. The van der Waals surface area contributed by atoms with Gasteiger partial charge in [0.15, 0.2) is 0 Å². The number of nitrogens with zero attached hydrogens (tertiary/aromatic N) is 1. The molecule has 25 heavy (non-hydrogen) atoms. The van der Waals surface area contributed by atoms with Crippen LogP contribution in [0.5, 0.6) is 0 Å². The summed E-state index contributed by atoms with van der Waals surface area (Å²) in [4.78, 5) is 16.1. The Morgan fingerprint density at radius 1 is 1.12 bits per heavy atom. The van der Waals surface area contributed by atoms with Crippen LogP contribution in [0.1, 0.15) is 23.2 Å². The molecule has 0 N–H and O–H groups in total. The fourth-order valence-corrected chi connectivity index (χ4v) is 3.82. The van der Waals surface area contributed by atoms with E-state index in [1.807, 2.05) is 23.1 Å². The van der Waals surface area contributed by atoms with E-state index in [4.69, 9.17) is 4.74 Å². The van der Waals surface area contributed by atoms with Crippen LogP contribution in [0.3, 0.4) is 0 Å². The molecule has 3 nitrogen and oxygen atoms in total. The van der Waals surface area contributed by atoms with Gasteiger partial charge < -0.3 is 9.64 Å². The third-order valence-corrected chi connectivity index (χ3v) is 5.80. The first kappa shape index (κ1) is 16.7. The lowest BCUT2D eigenvalue weighted by atomic mass is 10.0. The molecule has 0 radical (unpaired) electrons. The number of hydrogen-bond acceptors (Lipinski definition) is 3. The van der Waals surface area contributed by atoms with Gasteiger partial charge in [0.05, 0.1) is 12.7 Å². The van der Waals surface area contributed by atoms with Crippen LogP contribution in [0, 0.1) is 5.92 Å². The van der Waals surface area contributed by atoms with Crippen molar-refractivity contribution in [3.63, 3.8) is 0 Å². The lowest BCUT2D eigenvalue weighted by molar-refractivity contribution is -0.0313. The van der Waals surface area contributed by atoms with Crippen molar-refractivity contribution in [3.8, 4) is 11.1 Å². The highest BCUT2D eigenvalue weighted by Crippen LogP contribution is 2.36. The van der Waals surface area contributed by atoms with Crippen molar-refractivity contribution >= 4 is 17.7 Å². The largest absolute Gasteiger partial charge is 0.374 e. The van der Waals surface area contributed by atoms with E-state index in [0.29, 0.717) is 19.1 Å². The lowest BCUT2D eigenvalue weighted by Gasteiger charge is -2.33. The first-order chi connectivity index (χ1) is 12.2. The van der Waals surface area contributed by atoms with Crippen LogP contribution in [0.4, 0.5) is 0 Å². The zero-order valence-corrected chi connectivity index (χ0v) is 15.3. The van der Waals surface area contributed by atoms with Crippen molar-refractivity contribution < 1.29 is 9.53 Å². The zero-order valence-electron chi connectivity index (χ0n) is 14.5. The number of rotatable bonds is 4. The van der Waals surface area contributed by atoms with Gasteiger partial charge in [-0.3, -0.25) is 4.79 Å². The predicted octanol–water partition coefficient (Wildman–Crippen LogP) is 4.33. The van der Waals surface area contributed by atoms with Crippen LogP contribution in [0.25, 0.3) is 11.1 Å². The van der Waals surface area contributed by atoms with Gasteiger partial charge in [-0.15, -0.1) is 11.8 Å². The molecule has 0 aromatic heterocycles. The molecule has 0 spiro atoms. The quantitative estimate of drug-likeness (QED) is 0.767. The first-order valence-electron chi connectivity index (χ1n) is 8.90. The summed E-state index contributed by atoms with van der Waals surface area (Å²) >= 11 is 1.73. The fourth-order valence-electron chi connectivity index (χ4n) is 3.41. The van der Waals surface area contributed by atoms with Crippen LogP contribution < -0.4 is 0 Å². The Labute approximate surface area is 153 Å². The monoisotopic (exact) mass is 353 g/mol. The highest BCUT2D eigenvalue weighted by molar-refractivity contribution is 7.98. The second kappa shape index (κ2) is 7.22. The van der Waals surface area contributed by atoms with E-state index < -0.39 is 0 Å². The zero-order chi connectivity index (χ0) is 17.2. The van der Waals surface area contributed by atoms with E-state index in [1.54, 1.807) is 11.8 Å². The van der Waals surface area contributed by atoms with Gasteiger partial charge in [-0.25, -0.2) is 0 Å². The summed E-state index contributed by atoms with van der Waals surface area (Å²) in [5, 5.41) is 0. The van der Waals surface area contributed by atoms with E-state index in [0.717, 1.165) is 23.2 Å². The van der Waals surface area contributed by atoms with Gasteiger partial charge in [-0.1, -0.05) is 24.3 Å². The van der Waals surface area contributed by atoms with Gasteiger partial charge in [0.2, 0.25) is 0 Å². The molecule has 0 bridgehead atoms. The van der Waals surface area contributed by atoms with E-state index in [2.05, 4.69) is 36.6 Å². The van der Waals surface area contributed by atoms with Crippen LogP contribution in [-0.2, 0) is 4.74 Å². The first-order valence-corrected chi connectivity index (χ1v) is 10.1. The molecule has 1 heterocycles. The number of ether oxygens (including phenoxy) is 1. The molecule has 1 amide bonds. The maximum Gasteiger partial charge on any atom is 0.254 e. The number of thioether (sulfide) groups is 1. The van der Waals surface area contributed by atoms with E-state index in [1.165, 1.54) is 17.7 Å². The lowest BCUT2D eigenvalue weighted by Crippen LogP contribution is -2.46. The highest BCUT2D eigenvalue weighted by Gasteiger charge is 2.36. The molecule has 4 heteroatoms. The molecule has 1 aliphatic heterocycles. The number of amides is 1. The van der Waals surface area contributed by atoms with Crippen molar-refractivity contribution in [2.75, 3.05) is 26.0 Å². The molecule has 1 atom stereocenters. The third-order valence-electron chi connectivity index (χ3n) is 5.06. The van der Waals surface area contributed by atoms with Gasteiger partial charge in [0.1, 0.15) is 0 Å². The minimum absolute atomic E-state index is 0.122. The Balaban J connectivity index is 1.52. The molecule has 0 unspecified atom stereocenters. The Kier molecular flexibility index (Phi) is 4.82. The predicted molar refractivity (Wildman–Crippen MR) is 102 cm³/mol. The molecule has 2 fully saturated rings. The Morgan fingerprint density at radius 3 is 2.64 bits per heavy atom. The number of carbonyl (C=O) groups is 1. The Morgan fingerprint density at radius 2 is 1.92 bits per heavy atom. The second-order valence-corrected chi connectivity index (χ2v) is 7.69. The molecule has 4 rings (SSSR count). The Bertz CT molecular complexity index is 755. The second-order valence-electron chi connectivity index (χ2n) is 6.81. The topological polar surface area (TPSA) is 29.5 Å². The van der Waals surface area contributed by atoms with Crippen LogP contribution >= 0.6 is 11.8 Å². The number of carbonyl (C=O) groups excluding carboxylic acids is 1. The molecule has 1 saturated carbocycles. The van der Waals surface area contributed by atoms with Crippen molar-refractivity contribution in [1.29, 1.82) is 0 Å². The molecule has 130 valence electrons. The number of morpholine rings is 1. The van der Waals surface area contributed by atoms with Gasteiger partial charge in [0, 0.05) is 23.5 Å². The summed E-state index contributed by atoms with van der Waals surface area (Å²) in [6.07, 6.45) is 4.80. The summed E-state index contributed by atoms with van der Waals surface area (Å²) in [7, 11) is 0. The number of benzene rings is 2.